The summed E-state index contributed by atoms with van der Waals surface area (Å²) in [5.41, 5.74) is 6.61. The number of aliphatic hydroxyl groups is 1. The third-order valence-corrected chi connectivity index (χ3v) is 4.41. The van der Waals surface area contributed by atoms with Gasteiger partial charge >= 0.3 is 0 Å². The maximum Gasteiger partial charge on any atom is 0.158 e. The van der Waals surface area contributed by atoms with E-state index in [9.17, 15) is 15.3 Å². The van der Waals surface area contributed by atoms with Crippen molar-refractivity contribution in [1.29, 1.82) is 0 Å². The second-order valence-electron chi connectivity index (χ2n) is 4.93. The molecule has 1 saturated carbocycles. The smallest absolute Gasteiger partial charge is 0.158 e. The van der Waals surface area contributed by atoms with Crippen LogP contribution in [0.2, 0.25) is 0 Å². The summed E-state index contributed by atoms with van der Waals surface area (Å²) < 4.78 is 0.554. The molecule has 0 aliphatic heterocycles. The lowest BCUT2D eigenvalue weighted by atomic mass is 9.90. The number of phenolic OH excluding ortho intramolecular Hbond substituents is 2. The molecular formula is C13H18BrNO3. The van der Waals surface area contributed by atoms with Gasteiger partial charge in [0.2, 0.25) is 0 Å². The van der Waals surface area contributed by atoms with Crippen molar-refractivity contribution in [1.82, 2.24) is 0 Å². The van der Waals surface area contributed by atoms with E-state index in [0.717, 1.165) is 25.7 Å². The van der Waals surface area contributed by atoms with E-state index >= 15 is 0 Å². The number of phenols is 2. The van der Waals surface area contributed by atoms with Gasteiger partial charge < -0.3 is 21.1 Å². The van der Waals surface area contributed by atoms with Crippen LogP contribution < -0.4 is 5.73 Å². The van der Waals surface area contributed by atoms with Crippen LogP contribution in [0.3, 0.4) is 0 Å². The third kappa shape index (κ3) is 2.63. The van der Waals surface area contributed by atoms with Crippen molar-refractivity contribution in [3.8, 4) is 11.5 Å². The van der Waals surface area contributed by atoms with E-state index in [1.165, 1.54) is 12.1 Å². The Bertz CT molecular complexity index is 432. The standard InChI is InChI=1S/C13H18BrNO3/c14-9-6-11(17)10(16)5-8(9)13(18)12(15)7-3-1-2-4-7/h5-7,12-13,16-18H,1-4,15H2. The topological polar surface area (TPSA) is 86.7 Å². The summed E-state index contributed by atoms with van der Waals surface area (Å²) in [6.45, 7) is 0. The van der Waals surface area contributed by atoms with Crippen LogP contribution in [0.25, 0.3) is 0 Å². The molecule has 1 aliphatic carbocycles. The summed E-state index contributed by atoms with van der Waals surface area (Å²) >= 11 is 3.27. The minimum absolute atomic E-state index is 0.215. The van der Waals surface area contributed by atoms with Crippen molar-refractivity contribution >= 4 is 15.9 Å². The van der Waals surface area contributed by atoms with Crippen LogP contribution in [0.1, 0.15) is 37.4 Å². The molecule has 18 heavy (non-hydrogen) atoms. The lowest BCUT2D eigenvalue weighted by molar-refractivity contribution is 0.117. The molecule has 5 N–H and O–H groups in total. The molecule has 0 saturated heterocycles. The highest BCUT2D eigenvalue weighted by atomic mass is 79.9. The minimum atomic E-state index is -0.839. The van der Waals surface area contributed by atoms with Gasteiger partial charge in [-0.05, 0) is 30.9 Å². The number of benzene rings is 1. The van der Waals surface area contributed by atoms with Crippen LogP contribution in [0, 0.1) is 5.92 Å². The first-order chi connectivity index (χ1) is 8.50. The zero-order valence-corrected chi connectivity index (χ0v) is 11.6. The van der Waals surface area contributed by atoms with Gasteiger partial charge in [0.05, 0.1) is 6.10 Å². The number of nitrogens with two attached hydrogens (primary N) is 1. The summed E-state index contributed by atoms with van der Waals surface area (Å²) in [5, 5.41) is 29.2. The number of aliphatic hydroxyl groups excluding tert-OH is 1. The van der Waals surface area contributed by atoms with E-state index in [-0.39, 0.29) is 17.5 Å². The molecule has 0 bridgehead atoms. The summed E-state index contributed by atoms with van der Waals surface area (Å²) in [6, 6.07) is 2.39. The monoisotopic (exact) mass is 315 g/mol. The Kier molecular flexibility index (Phi) is 4.14. The van der Waals surface area contributed by atoms with E-state index in [1.54, 1.807) is 0 Å². The first-order valence-electron chi connectivity index (χ1n) is 6.15. The Morgan fingerprint density at radius 3 is 2.33 bits per heavy atom. The fourth-order valence-electron chi connectivity index (χ4n) is 2.60. The van der Waals surface area contributed by atoms with Gasteiger partial charge in [0, 0.05) is 16.1 Å². The molecule has 0 aromatic heterocycles. The molecular weight excluding hydrogens is 298 g/mol. The predicted molar refractivity (Wildman–Crippen MR) is 72.4 cm³/mol. The Labute approximate surface area is 115 Å². The molecule has 1 aromatic carbocycles. The van der Waals surface area contributed by atoms with Crippen LogP contribution in [0.4, 0.5) is 0 Å². The fraction of sp³-hybridized carbons (Fsp3) is 0.538. The zero-order valence-electron chi connectivity index (χ0n) is 10.0. The van der Waals surface area contributed by atoms with Crippen molar-refractivity contribution in [3.05, 3.63) is 22.2 Å². The SMILES string of the molecule is NC(C1CCCC1)C(O)c1cc(O)c(O)cc1Br. The molecule has 1 fully saturated rings. The number of halogens is 1. The largest absolute Gasteiger partial charge is 0.504 e. The van der Waals surface area contributed by atoms with Crippen LogP contribution in [-0.2, 0) is 0 Å². The average Bonchev–Trinajstić information content (AvgIpc) is 2.85. The van der Waals surface area contributed by atoms with E-state index in [4.69, 9.17) is 5.73 Å². The first kappa shape index (κ1) is 13.6. The molecule has 0 heterocycles. The van der Waals surface area contributed by atoms with Crippen molar-refractivity contribution in [3.63, 3.8) is 0 Å². The maximum atomic E-state index is 10.3. The molecule has 100 valence electrons. The Hall–Kier alpha value is -0.780. The highest BCUT2D eigenvalue weighted by molar-refractivity contribution is 9.10. The molecule has 5 heteroatoms. The average molecular weight is 316 g/mol. The van der Waals surface area contributed by atoms with Gasteiger partial charge in [-0.1, -0.05) is 28.8 Å². The third-order valence-electron chi connectivity index (χ3n) is 3.72. The molecule has 1 aromatic rings. The molecule has 2 unspecified atom stereocenters. The lowest BCUT2D eigenvalue weighted by Gasteiger charge is -2.25. The van der Waals surface area contributed by atoms with Crippen molar-refractivity contribution < 1.29 is 15.3 Å². The van der Waals surface area contributed by atoms with Crippen LogP contribution in [0.15, 0.2) is 16.6 Å². The maximum absolute atomic E-state index is 10.3. The molecule has 1 aliphatic rings. The minimum Gasteiger partial charge on any atom is -0.504 e. The van der Waals surface area contributed by atoms with Crippen molar-refractivity contribution in [2.75, 3.05) is 0 Å². The molecule has 0 amide bonds. The van der Waals surface area contributed by atoms with Gasteiger partial charge in [-0.3, -0.25) is 0 Å². The van der Waals surface area contributed by atoms with E-state index in [0.29, 0.717) is 16.0 Å². The second-order valence-corrected chi connectivity index (χ2v) is 5.78. The summed E-state index contributed by atoms with van der Waals surface area (Å²) in [4.78, 5) is 0. The summed E-state index contributed by atoms with van der Waals surface area (Å²) in [7, 11) is 0. The lowest BCUT2D eigenvalue weighted by Crippen LogP contribution is -2.35. The number of rotatable bonds is 3. The van der Waals surface area contributed by atoms with Gasteiger partial charge in [-0.2, -0.15) is 0 Å². The summed E-state index contributed by atoms with van der Waals surface area (Å²) in [5.74, 6) is -0.138. The van der Waals surface area contributed by atoms with Gasteiger partial charge in [-0.15, -0.1) is 0 Å². The van der Waals surface area contributed by atoms with Crippen molar-refractivity contribution in [2.24, 2.45) is 11.7 Å². The highest BCUT2D eigenvalue weighted by Crippen LogP contribution is 2.38. The number of hydrogen-bond acceptors (Lipinski definition) is 4. The number of aromatic hydroxyl groups is 2. The Balaban J connectivity index is 2.22. The summed E-state index contributed by atoms with van der Waals surface area (Å²) in [6.07, 6.45) is 3.56. The van der Waals surface area contributed by atoms with Crippen LogP contribution in [-0.4, -0.2) is 21.4 Å². The molecule has 0 spiro atoms. The van der Waals surface area contributed by atoms with E-state index in [2.05, 4.69) is 15.9 Å². The van der Waals surface area contributed by atoms with Crippen LogP contribution in [0.5, 0.6) is 11.5 Å². The van der Waals surface area contributed by atoms with E-state index in [1.807, 2.05) is 0 Å². The number of hydrogen-bond donors (Lipinski definition) is 4. The highest BCUT2D eigenvalue weighted by Gasteiger charge is 2.29. The Morgan fingerprint density at radius 1 is 1.17 bits per heavy atom. The van der Waals surface area contributed by atoms with Gasteiger partial charge in [-0.25, -0.2) is 0 Å². The molecule has 2 rings (SSSR count). The van der Waals surface area contributed by atoms with Gasteiger partial charge in [0.1, 0.15) is 0 Å². The van der Waals surface area contributed by atoms with Gasteiger partial charge in [0.25, 0.3) is 0 Å². The predicted octanol–water partition coefficient (Wildman–Crippen LogP) is 2.41. The first-order valence-corrected chi connectivity index (χ1v) is 6.95. The molecule has 2 atom stereocenters. The quantitative estimate of drug-likeness (QED) is 0.645. The second kappa shape index (κ2) is 5.47. The van der Waals surface area contributed by atoms with Gasteiger partial charge in [0.15, 0.2) is 11.5 Å². The van der Waals surface area contributed by atoms with Crippen molar-refractivity contribution in [2.45, 2.75) is 37.8 Å². The zero-order chi connectivity index (χ0) is 13.3. The molecule has 4 nitrogen and oxygen atoms in total. The fourth-order valence-corrected chi connectivity index (χ4v) is 3.17. The van der Waals surface area contributed by atoms with E-state index < -0.39 is 6.10 Å². The Morgan fingerprint density at radius 2 is 1.72 bits per heavy atom. The van der Waals surface area contributed by atoms with Crippen LogP contribution >= 0.6 is 15.9 Å². The normalized spacial score (nSPS) is 19.9. The molecule has 0 radical (unpaired) electrons.